The first-order valence-electron chi connectivity index (χ1n) is 8.75. The summed E-state index contributed by atoms with van der Waals surface area (Å²) in [6, 6.07) is 13.9. The van der Waals surface area contributed by atoms with Crippen LogP contribution in [0.2, 0.25) is 5.02 Å². The summed E-state index contributed by atoms with van der Waals surface area (Å²) in [4.78, 5) is 40.8. The molecular formula is C20H20ClN3O4. The number of hydrogen-bond acceptors (Lipinski definition) is 4. The predicted octanol–water partition coefficient (Wildman–Crippen LogP) is 3.15. The number of anilines is 2. The molecule has 1 saturated heterocycles. The number of nitrogens with one attached hydrogen (secondary N) is 1. The number of methoxy groups -OCH3 is 1. The minimum absolute atomic E-state index is 0.153. The first-order chi connectivity index (χ1) is 13.5. The maximum atomic E-state index is 12.9. The molecule has 8 heteroatoms. The van der Waals surface area contributed by atoms with E-state index < -0.39 is 18.0 Å². The molecule has 0 spiro atoms. The average molecular weight is 402 g/mol. The van der Waals surface area contributed by atoms with Crippen molar-refractivity contribution in [3.63, 3.8) is 0 Å². The summed E-state index contributed by atoms with van der Waals surface area (Å²) in [5, 5.41) is 3.28. The number of rotatable bonds is 7. The number of carbonyl (C=O) groups is 3. The molecule has 7 nitrogen and oxygen atoms in total. The van der Waals surface area contributed by atoms with E-state index in [0.717, 1.165) is 4.90 Å². The van der Waals surface area contributed by atoms with Crippen LogP contribution in [0, 0.1) is 0 Å². The van der Waals surface area contributed by atoms with Gasteiger partial charge >= 0.3 is 6.03 Å². The molecule has 28 heavy (non-hydrogen) atoms. The fourth-order valence-electron chi connectivity index (χ4n) is 3.01. The van der Waals surface area contributed by atoms with Crippen LogP contribution < -0.4 is 10.2 Å². The predicted molar refractivity (Wildman–Crippen MR) is 106 cm³/mol. The SMILES string of the molecule is COCCN1C(=O)N(c2ccccc2)C(=O)[C@H]1CC(=O)Nc1ccc(Cl)cc1. The smallest absolute Gasteiger partial charge is 0.332 e. The summed E-state index contributed by atoms with van der Waals surface area (Å²) in [6.07, 6.45) is -0.153. The zero-order valence-corrected chi connectivity index (χ0v) is 16.1. The fourth-order valence-corrected chi connectivity index (χ4v) is 3.14. The molecule has 0 aromatic heterocycles. The van der Waals surface area contributed by atoms with E-state index in [1.54, 1.807) is 54.6 Å². The minimum atomic E-state index is -0.893. The van der Waals surface area contributed by atoms with Gasteiger partial charge in [0.2, 0.25) is 5.91 Å². The Balaban J connectivity index is 1.78. The number of ether oxygens (including phenoxy) is 1. The Bertz CT molecular complexity index is 858. The zero-order valence-electron chi connectivity index (χ0n) is 15.3. The highest BCUT2D eigenvalue weighted by Crippen LogP contribution is 2.27. The molecule has 1 fully saturated rings. The van der Waals surface area contributed by atoms with Gasteiger partial charge in [-0.05, 0) is 36.4 Å². The van der Waals surface area contributed by atoms with Crippen molar-refractivity contribution >= 4 is 40.8 Å². The van der Waals surface area contributed by atoms with Crippen molar-refractivity contribution < 1.29 is 19.1 Å². The molecule has 0 saturated carbocycles. The molecule has 2 aromatic rings. The normalized spacial score (nSPS) is 16.6. The monoisotopic (exact) mass is 401 g/mol. The standard InChI is InChI=1S/C20H20ClN3O4/c1-28-12-11-23-17(13-18(25)22-15-9-7-14(21)8-10-15)19(26)24(20(23)27)16-5-3-2-4-6-16/h2-10,17H,11-13H2,1H3,(H,22,25)/t17-/m1/s1. The van der Waals surface area contributed by atoms with E-state index in [-0.39, 0.29) is 25.5 Å². The number of para-hydroxylation sites is 1. The van der Waals surface area contributed by atoms with Gasteiger partial charge in [-0.1, -0.05) is 29.8 Å². The van der Waals surface area contributed by atoms with Crippen molar-refractivity contribution in [2.45, 2.75) is 12.5 Å². The third-order valence-electron chi connectivity index (χ3n) is 4.38. The number of imide groups is 1. The van der Waals surface area contributed by atoms with Gasteiger partial charge in [0.15, 0.2) is 0 Å². The second kappa shape index (κ2) is 8.86. The van der Waals surface area contributed by atoms with Crippen molar-refractivity contribution in [1.29, 1.82) is 0 Å². The van der Waals surface area contributed by atoms with Gasteiger partial charge in [0.1, 0.15) is 6.04 Å². The Morgan fingerprint density at radius 2 is 1.79 bits per heavy atom. The van der Waals surface area contributed by atoms with Crippen LogP contribution in [0.25, 0.3) is 0 Å². The van der Waals surface area contributed by atoms with Crippen LogP contribution in [-0.2, 0) is 14.3 Å². The third kappa shape index (κ3) is 4.32. The maximum Gasteiger partial charge on any atom is 0.332 e. The molecule has 3 rings (SSSR count). The fraction of sp³-hybridized carbons (Fsp3) is 0.250. The summed E-state index contributed by atoms with van der Waals surface area (Å²) in [5.41, 5.74) is 1.04. The molecule has 0 radical (unpaired) electrons. The van der Waals surface area contributed by atoms with Crippen LogP contribution in [-0.4, -0.2) is 49.0 Å². The Labute approximate surface area is 167 Å². The number of nitrogens with zero attached hydrogens (tertiary/aromatic N) is 2. The molecule has 1 aliphatic heterocycles. The molecule has 1 heterocycles. The van der Waals surface area contributed by atoms with Crippen LogP contribution in [0.15, 0.2) is 54.6 Å². The number of urea groups is 1. The van der Waals surface area contributed by atoms with E-state index in [0.29, 0.717) is 16.4 Å². The second-order valence-corrected chi connectivity index (χ2v) is 6.69. The topological polar surface area (TPSA) is 79.0 Å². The van der Waals surface area contributed by atoms with Crippen molar-refractivity contribution in [1.82, 2.24) is 4.90 Å². The summed E-state index contributed by atoms with van der Waals surface area (Å²) < 4.78 is 5.05. The van der Waals surface area contributed by atoms with Crippen LogP contribution >= 0.6 is 11.6 Å². The van der Waals surface area contributed by atoms with Gasteiger partial charge in [-0.3, -0.25) is 9.59 Å². The third-order valence-corrected chi connectivity index (χ3v) is 4.63. The summed E-state index contributed by atoms with van der Waals surface area (Å²) in [7, 11) is 1.51. The zero-order chi connectivity index (χ0) is 20.1. The largest absolute Gasteiger partial charge is 0.383 e. The number of halogens is 1. The highest BCUT2D eigenvalue weighted by atomic mass is 35.5. The molecule has 4 amide bonds. The Hall–Kier alpha value is -2.90. The lowest BCUT2D eigenvalue weighted by Gasteiger charge is -2.21. The Morgan fingerprint density at radius 3 is 2.43 bits per heavy atom. The minimum Gasteiger partial charge on any atom is -0.383 e. The van der Waals surface area contributed by atoms with Crippen LogP contribution in [0.1, 0.15) is 6.42 Å². The average Bonchev–Trinajstić information content (AvgIpc) is 2.92. The Morgan fingerprint density at radius 1 is 1.11 bits per heavy atom. The molecule has 1 aliphatic rings. The van der Waals surface area contributed by atoms with Gasteiger partial charge in [0.25, 0.3) is 5.91 Å². The molecule has 1 N–H and O–H groups in total. The molecule has 0 unspecified atom stereocenters. The van der Waals surface area contributed by atoms with Gasteiger partial charge in [-0.25, -0.2) is 9.69 Å². The van der Waals surface area contributed by atoms with Crippen molar-refractivity contribution in [3.05, 3.63) is 59.6 Å². The second-order valence-electron chi connectivity index (χ2n) is 6.25. The van der Waals surface area contributed by atoms with Crippen LogP contribution in [0.3, 0.4) is 0 Å². The molecule has 2 aromatic carbocycles. The molecule has 0 aliphatic carbocycles. The van der Waals surface area contributed by atoms with E-state index in [4.69, 9.17) is 16.3 Å². The van der Waals surface area contributed by atoms with E-state index in [9.17, 15) is 14.4 Å². The number of hydrogen-bond donors (Lipinski definition) is 1. The van der Waals surface area contributed by atoms with E-state index in [1.165, 1.54) is 12.0 Å². The van der Waals surface area contributed by atoms with Gasteiger partial charge in [0, 0.05) is 24.4 Å². The first kappa shape index (κ1) is 19.9. The van der Waals surface area contributed by atoms with Gasteiger partial charge in [-0.15, -0.1) is 0 Å². The molecular weight excluding hydrogens is 382 g/mol. The maximum absolute atomic E-state index is 12.9. The molecule has 0 bridgehead atoms. The highest BCUT2D eigenvalue weighted by molar-refractivity contribution is 6.30. The lowest BCUT2D eigenvalue weighted by Crippen LogP contribution is -2.39. The summed E-state index contributed by atoms with van der Waals surface area (Å²) >= 11 is 5.84. The first-order valence-corrected chi connectivity index (χ1v) is 9.13. The van der Waals surface area contributed by atoms with E-state index >= 15 is 0 Å². The van der Waals surface area contributed by atoms with Crippen LogP contribution in [0.4, 0.5) is 16.2 Å². The lowest BCUT2D eigenvalue weighted by molar-refractivity contribution is -0.124. The van der Waals surface area contributed by atoms with E-state index in [2.05, 4.69) is 5.32 Å². The lowest BCUT2D eigenvalue weighted by atomic mass is 10.1. The van der Waals surface area contributed by atoms with Crippen molar-refractivity contribution in [2.75, 3.05) is 30.5 Å². The quantitative estimate of drug-likeness (QED) is 0.723. The number of carbonyl (C=O) groups excluding carboxylic acids is 3. The molecule has 1 atom stereocenters. The van der Waals surface area contributed by atoms with Crippen molar-refractivity contribution in [3.8, 4) is 0 Å². The summed E-state index contributed by atoms with van der Waals surface area (Å²) in [6.45, 7) is 0.472. The van der Waals surface area contributed by atoms with Crippen LogP contribution in [0.5, 0.6) is 0 Å². The molecule has 146 valence electrons. The number of benzene rings is 2. The number of amides is 4. The highest BCUT2D eigenvalue weighted by Gasteiger charge is 2.46. The van der Waals surface area contributed by atoms with Gasteiger partial charge in [0.05, 0.1) is 18.7 Å². The van der Waals surface area contributed by atoms with Gasteiger partial charge < -0.3 is 15.0 Å². The van der Waals surface area contributed by atoms with Gasteiger partial charge in [-0.2, -0.15) is 0 Å². The van der Waals surface area contributed by atoms with E-state index in [1.807, 2.05) is 0 Å². The van der Waals surface area contributed by atoms with Crippen molar-refractivity contribution in [2.24, 2.45) is 0 Å². The summed E-state index contributed by atoms with van der Waals surface area (Å²) in [5.74, 6) is -0.802. The Kier molecular flexibility index (Phi) is 6.28.